The first-order chi connectivity index (χ1) is 15.0. The molecular formula is C23H29N3O4S. The number of hydrogen-bond acceptors (Lipinski definition) is 6. The Kier molecular flexibility index (Phi) is 6.97. The van der Waals surface area contributed by atoms with E-state index >= 15 is 0 Å². The van der Waals surface area contributed by atoms with Crippen LogP contribution in [0.1, 0.15) is 40.2 Å². The third-order valence-electron chi connectivity index (χ3n) is 6.12. The highest BCUT2D eigenvalue weighted by Crippen LogP contribution is 2.30. The van der Waals surface area contributed by atoms with Gasteiger partial charge in [0.15, 0.2) is 0 Å². The Morgan fingerprint density at radius 1 is 1.06 bits per heavy atom. The monoisotopic (exact) mass is 443 g/mol. The van der Waals surface area contributed by atoms with Crippen LogP contribution in [-0.4, -0.2) is 66.2 Å². The van der Waals surface area contributed by atoms with Crippen LogP contribution >= 0.6 is 11.8 Å². The zero-order valence-corrected chi connectivity index (χ0v) is 19.0. The number of piperidine rings is 1. The van der Waals surface area contributed by atoms with Gasteiger partial charge in [-0.15, -0.1) is 11.8 Å². The minimum absolute atomic E-state index is 0.00584. The van der Waals surface area contributed by atoms with Gasteiger partial charge in [0.2, 0.25) is 5.91 Å². The number of thioether (sulfide) groups is 1. The Balaban J connectivity index is 1.37. The third kappa shape index (κ3) is 4.96. The molecular weight excluding hydrogens is 414 g/mol. The zero-order chi connectivity index (χ0) is 21.8. The molecule has 2 saturated heterocycles. The van der Waals surface area contributed by atoms with Crippen molar-refractivity contribution in [3.8, 4) is 0 Å². The molecule has 2 amide bonds. The van der Waals surface area contributed by atoms with E-state index in [4.69, 9.17) is 9.26 Å². The number of ether oxygens (including phenoxy) is 1. The molecule has 31 heavy (non-hydrogen) atoms. The molecule has 2 aliphatic heterocycles. The standard InChI is InChI=1S/C23H29N3O4S/c1-16-20(17(2)30-24-16)15-31-21-6-4-3-5-19(21)23(28)25-9-7-18(8-10-25)22(27)26-11-13-29-14-12-26/h3-6,18H,7-15H2,1-2H3. The van der Waals surface area contributed by atoms with E-state index in [0.29, 0.717) is 45.1 Å². The van der Waals surface area contributed by atoms with E-state index in [1.807, 2.05) is 47.9 Å². The van der Waals surface area contributed by atoms with Gasteiger partial charge in [-0.2, -0.15) is 0 Å². The first-order valence-electron chi connectivity index (χ1n) is 10.8. The van der Waals surface area contributed by atoms with Gasteiger partial charge in [-0.3, -0.25) is 9.59 Å². The second-order valence-electron chi connectivity index (χ2n) is 8.09. The molecule has 0 radical (unpaired) electrons. The van der Waals surface area contributed by atoms with E-state index in [9.17, 15) is 9.59 Å². The Morgan fingerprint density at radius 3 is 2.45 bits per heavy atom. The Labute approximate surface area is 187 Å². The van der Waals surface area contributed by atoms with Gasteiger partial charge in [-0.1, -0.05) is 17.3 Å². The van der Waals surface area contributed by atoms with Crippen molar-refractivity contribution < 1.29 is 18.8 Å². The van der Waals surface area contributed by atoms with Crippen molar-refractivity contribution >= 4 is 23.6 Å². The van der Waals surface area contributed by atoms with Crippen molar-refractivity contribution in [1.82, 2.24) is 15.0 Å². The predicted octanol–water partition coefficient (Wildman–Crippen LogP) is 3.29. The van der Waals surface area contributed by atoms with Crippen LogP contribution in [0.4, 0.5) is 0 Å². The first-order valence-corrected chi connectivity index (χ1v) is 11.8. The number of carbonyl (C=O) groups is 2. The molecule has 2 aliphatic rings. The number of hydrogen-bond donors (Lipinski definition) is 0. The van der Waals surface area contributed by atoms with Gasteiger partial charge in [-0.25, -0.2) is 0 Å². The summed E-state index contributed by atoms with van der Waals surface area (Å²) in [5.74, 6) is 1.79. The normalized spacial score (nSPS) is 17.7. The van der Waals surface area contributed by atoms with Gasteiger partial charge in [-0.05, 0) is 38.8 Å². The maximum absolute atomic E-state index is 13.3. The molecule has 0 atom stereocenters. The second kappa shape index (κ2) is 9.87. The molecule has 166 valence electrons. The van der Waals surface area contributed by atoms with Gasteiger partial charge in [0.25, 0.3) is 5.91 Å². The lowest BCUT2D eigenvalue weighted by Crippen LogP contribution is -2.47. The summed E-state index contributed by atoms with van der Waals surface area (Å²) in [4.78, 5) is 30.8. The lowest BCUT2D eigenvalue weighted by molar-refractivity contribution is -0.141. The van der Waals surface area contributed by atoms with Crippen molar-refractivity contribution in [1.29, 1.82) is 0 Å². The van der Waals surface area contributed by atoms with Crippen LogP contribution in [0.5, 0.6) is 0 Å². The van der Waals surface area contributed by atoms with E-state index < -0.39 is 0 Å². The number of rotatable bonds is 5. The Bertz CT molecular complexity index is 911. The van der Waals surface area contributed by atoms with E-state index in [0.717, 1.165) is 40.3 Å². The van der Waals surface area contributed by atoms with Crippen molar-refractivity contribution in [2.24, 2.45) is 5.92 Å². The van der Waals surface area contributed by atoms with Crippen molar-refractivity contribution in [3.63, 3.8) is 0 Å². The Hall–Kier alpha value is -2.32. The molecule has 0 bridgehead atoms. The number of carbonyl (C=O) groups excluding carboxylic acids is 2. The second-order valence-corrected chi connectivity index (χ2v) is 9.11. The summed E-state index contributed by atoms with van der Waals surface area (Å²) in [6, 6.07) is 7.75. The highest BCUT2D eigenvalue weighted by Gasteiger charge is 2.31. The lowest BCUT2D eigenvalue weighted by Gasteiger charge is -2.35. The van der Waals surface area contributed by atoms with Crippen LogP contribution in [0, 0.1) is 19.8 Å². The molecule has 8 heteroatoms. The molecule has 2 aromatic rings. The van der Waals surface area contributed by atoms with Crippen LogP contribution in [-0.2, 0) is 15.3 Å². The molecule has 0 unspecified atom stereocenters. The van der Waals surface area contributed by atoms with Gasteiger partial charge in [0.1, 0.15) is 5.76 Å². The molecule has 1 aromatic carbocycles. The lowest BCUT2D eigenvalue weighted by atomic mass is 9.94. The molecule has 2 fully saturated rings. The van der Waals surface area contributed by atoms with E-state index in [-0.39, 0.29) is 17.7 Å². The first kappa shape index (κ1) is 21.9. The fraction of sp³-hybridized carbons (Fsp3) is 0.522. The average molecular weight is 444 g/mol. The smallest absolute Gasteiger partial charge is 0.254 e. The fourth-order valence-electron chi connectivity index (χ4n) is 4.17. The summed E-state index contributed by atoms with van der Waals surface area (Å²) < 4.78 is 10.6. The molecule has 0 saturated carbocycles. The number of aryl methyl sites for hydroxylation is 2. The van der Waals surface area contributed by atoms with E-state index in [2.05, 4.69) is 5.16 Å². The summed E-state index contributed by atoms with van der Waals surface area (Å²) in [5.41, 5.74) is 2.69. The summed E-state index contributed by atoms with van der Waals surface area (Å²) >= 11 is 1.63. The molecule has 0 spiro atoms. The number of benzene rings is 1. The maximum atomic E-state index is 13.3. The highest BCUT2D eigenvalue weighted by atomic mass is 32.2. The van der Waals surface area contributed by atoms with Crippen LogP contribution in [0.2, 0.25) is 0 Å². The van der Waals surface area contributed by atoms with Crippen molar-refractivity contribution in [2.75, 3.05) is 39.4 Å². The van der Waals surface area contributed by atoms with Crippen LogP contribution in [0.15, 0.2) is 33.7 Å². The molecule has 4 rings (SSSR count). The minimum atomic E-state index is 0.00584. The third-order valence-corrected chi connectivity index (χ3v) is 7.22. The van der Waals surface area contributed by atoms with Gasteiger partial charge in [0, 0.05) is 48.3 Å². The number of amides is 2. The van der Waals surface area contributed by atoms with Crippen molar-refractivity contribution in [2.45, 2.75) is 37.3 Å². The van der Waals surface area contributed by atoms with Crippen LogP contribution in [0.3, 0.4) is 0 Å². The van der Waals surface area contributed by atoms with Gasteiger partial charge >= 0.3 is 0 Å². The SMILES string of the molecule is Cc1noc(C)c1CSc1ccccc1C(=O)N1CCC(C(=O)N2CCOCC2)CC1. The largest absolute Gasteiger partial charge is 0.378 e. The minimum Gasteiger partial charge on any atom is -0.378 e. The molecule has 0 N–H and O–H groups in total. The molecule has 7 nitrogen and oxygen atoms in total. The number of nitrogens with zero attached hydrogens (tertiary/aromatic N) is 3. The summed E-state index contributed by atoms with van der Waals surface area (Å²) in [5, 5.41) is 4.01. The molecule has 3 heterocycles. The van der Waals surface area contributed by atoms with Crippen molar-refractivity contribution in [3.05, 3.63) is 46.8 Å². The van der Waals surface area contributed by atoms with Crippen LogP contribution in [0.25, 0.3) is 0 Å². The fourth-order valence-corrected chi connectivity index (χ4v) is 5.37. The summed E-state index contributed by atoms with van der Waals surface area (Å²) in [6.07, 6.45) is 1.44. The quantitative estimate of drug-likeness (QED) is 0.660. The topological polar surface area (TPSA) is 75.9 Å². The summed E-state index contributed by atoms with van der Waals surface area (Å²) in [7, 11) is 0. The number of morpholine rings is 1. The van der Waals surface area contributed by atoms with E-state index in [1.165, 1.54) is 0 Å². The molecule has 1 aromatic heterocycles. The predicted molar refractivity (Wildman–Crippen MR) is 118 cm³/mol. The van der Waals surface area contributed by atoms with Gasteiger partial charge < -0.3 is 19.1 Å². The molecule has 0 aliphatic carbocycles. The summed E-state index contributed by atoms with van der Waals surface area (Å²) in [6.45, 7) is 7.66. The Morgan fingerprint density at radius 2 is 1.77 bits per heavy atom. The number of likely N-dealkylation sites (tertiary alicyclic amines) is 1. The highest BCUT2D eigenvalue weighted by molar-refractivity contribution is 7.98. The number of aromatic nitrogens is 1. The van der Waals surface area contributed by atoms with Crippen LogP contribution < -0.4 is 0 Å². The maximum Gasteiger partial charge on any atom is 0.254 e. The van der Waals surface area contributed by atoms with E-state index in [1.54, 1.807) is 11.8 Å². The zero-order valence-electron chi connectivity index (χ0n) is 18.1. The average Bonchev–Trinajstić information content (AvgIpc) is 3.14. The van der Waals surface area contributed by atoms with Gasteiger partial charge in [0.05, 0.1) is 24.5 Å².